The molecular weight excluding hydrogens is 442 g/mol. The van der Waals surface area contributed by atoms with Gasteiger partial charge in [-0.15, -0.1) is 0 Å². The minimum absolute atomic E-state index is 0.0770. The van der Waals surface area contributed by atoms with Gasteiger partial charge < -0.3 is 25.1 Å². The van der Waals surface area contributed by atoms with E-state index in [9.17, 15) is 24.8 Å². The van der Waals surface area contributed by atoms with Gasteiger partial charge >= 0.3 is 17.9 Å². The average molecular weight is 463 g/mol. The third kappa shape index (κ3) is 4.02. The topological polar surface area (TPSA) is 152 Å². The van der Waals surface area contributed by atoms with Gasteiger partial charge in [-0.1, -0.05) is 30.3 Å². The molecule has 0 saturated carbocycles. The molecule has 0 aromatic heterocycles. The number of carboxylic acids is 1. The SMILES string of the molecule is COC(=O)C1=C(C(=O)OC)N(c2ccc(OC)cc2C(=O)O)C(N)=C(C#N)C1c1ccccc1. The largest absolute Gasteiger partial charge is 0.497 e. The van der Waals surface area contributed by atoms with Crippen molar-refractivity contribution in [3.8, 4) is 11.8 Å². The van der Waals surface area contributed by atoms with Gasteiger partial charge in [-0.25, -0.2) is 14.4 Å². The number of hydrogen-bond donors (Lipinski definition) is 2. The number of ether oxygens (including phenoxy) is 3. The first-order valence-electron chi connectivity index (χ1n) is 9.87. The predicted molar refractivity (Wildman–Crippen MR) is 119 cm³/mol. The number of nitriles is 1. The number of aromatic carboxylic acids is 1. The molecule has 0 aliphatic carbocycles. The van der Waals surface area contributed by atoms with Crippen LogP contribution in [0.25, 0.3) is 0 Å². The van der Waals surface area contributed by atoms with Gasteiger partial charge in [-0.3, -0.25) is 4.90 Å². The van der Waals surface area contributed by atoms with Crippen molar-refractivity contribution in [3.05, 3.63) is 82.3 Å². The van der Waals surface area contributed by atoms with E-state index in [1.54, 1.807) is 30.3 Å². The number of rotatable bonds is 6. The van der Waals surface area contributed by atoms with E-state index < -0.39 is 23.8 Å². The maximum atomic E-state index is 13.0. The van der Waals surface area contributed by atoms with Gasteiger partial charge in [0.2, 0.25) is 0 Å². The van der Waals surface area contributed by atoms with Crippen molar-refractivity contribution < 1.29 is 33.7 Å². The lowest BCUT2D eigenvalue weighted by atomic mass is 9.80. The number of nitrogens with two attached hydrogens (primary N) is 1. The molecule has 1 heterocycles. The number of esters is 2. The predicted octanol–water partition coefficient (Wildman–Crippen LogP) is 2.29. The summed E-state index contributed by atoms with van der Waals surface area (Å²) in [5, 5.41) is 19.9. The summed E-state index contributed by atoms with van der Waals surface area (Å²) in [5.74, 6) is -4.31. The van der Waals surface area contributed by atoms with Crippen molar-refractivity contribution in [2.75, 3.05) is 26.2 Å². The summed E-state index contributed by atoms with van der Waals surface area (Å²) in [6, 6.07) is 14.5. The van der Waals surface area contributed by atoms with E-state index in [2.05, 4.69) is 0 Å². The Bertz CT molecular complexity index is 1260. The monoisotopic (exact) mass is 463 g/mol. The van der Waals surface area contributed by atoms with Crippen LogP contribution in [-0.4, -0.2) is 44.3 Å². The van der Waals surface area contributed by atoms with Crippen LogP contribution in [0.5, 0.6) is 5.75 Å². The molecule has 1 aliphatic rings. The zero-order valence-electron chi connectivity index (χ0n) is 18.6. The van der Waals surface area contributed by atoms with Gasteiger partial charge in [-0.2, -0.15) is 5.26 Å². The summed E-state index contributed by atoms with van der Waals surface area (Å²) in [6.07, 6.45) is 0. The molecule has 3 rings (SSSR count). The maximum absolute atomic E-state index is 13.0. The number of carboxylic acid groups (broad SMARTS) is 1. The van der Waals surface area contributed by atoms with Crippen molar-refractivity contribution >= 4 is 23.6 Å². The van der Waals surface area contributed by atoms with Gasteiger partial charge in [0.1, 0.15) is 17.3 Å². The third-order valence-electron chi connectivity index (χ3n) is 5.29. The Morgan fingerprint density at radius 3 is 2.21 bits per heavy atom. The standard InChI is InChI=1S/C24H21N3O7/c1-32-14-9-10-17(15(11-14)22(28)29)27-20(24(31)34-3)19(23(30)33-2)18(16(12-25)21(27)26)13-7-5-4-6-8-13/h4-11,18H,26H2,1-3H3,(H,28,29). The Kier molecular flexibility index (Phi) is 6.87. The molecular formula is C24H21N3O7. The van der Waals surface area contributed by atoms with Crippen molar-refractivity contribution in [1.82, 2.24) is 0 Å². The molecule has 1 aliphatic heterocycles. The van der Waals surface area contributed by atoms with E-state index in [4.69, 9.17) is 19.9 Å². The molecule has 0 spiro atoms. The van der Waals surface area contributed by atoms with Gasteiger partial charge in [0.05, 0.1) is 55.7 Å². The second-order valence-corrected chi connectivity index (χ2v) is 7.02. The second-order valence-electron chi connectivity index (χ2n) is 7.02. The first kappa shape index (κ1) is 23.9. The normalized spacial score (nSPS) is 15.5. The van der Waals surface area contributed by atoms with Gasteiger partial charge in [0.25, 0.3) is 0 Å². The Labute approximate surface area is 195 Å². The summed E-state index contributed by atoms with van der Waals surface area (Å²) < 4.78 is 15.0. The first-order valence-corrected chi connectivity index (χ1v) is 9.87. The molecule has 2 aromatic rings. The highest BCUT2D eigenvalue weighted by molar-refractivity contribution is 6.08. The second kappa shape index (κ2) is 9.79. The molecule has 3 N–H and O–H groups in total. The van der Waals surface area contributed by atoms with Crippen LogP contribution in [0, 0.1) is 11.3 Å². The lowest BCUT2D eigenvalue weighted by molar-refractivity contribution is -0.139. The molecule has 1 unspecified atom stereocenters. The lowest BCUT2D eigenvalue weighted by Crippen LogP contribution is -2.41. The van der Waals surface area contributed by atoms with Crippen molar-refractivity contribution in [2.45, 2.75) is 5.92 Å². The summed E-state index contributed by atoms with van der Waals surface area (Å²) in [6.45, 7) is 0. The van der Waals surface area contributed by atoms with Crippen LogP contribution in [0.3, 0.4) is 0 Å². The molecule has 0 amide bonds. The van der Waals surface area contributed by atoms with Crippen LogP contribution < -0.4 is 15.4 Å². The molecule has 34 heavy (non-hydrogen) atoms. The first-order chi connectivity index (χ1) is 16.3. The molecule has 2 aromatic carbocycles. The molecule has 0 radical (unpaired) electrons. The van der Waals surface area contributed by atoms with Crippen LogP contribution in [0.2, 0.25) is 0 Å². The third-order valence-corrected chi connectivity index (χ3v) is 5.29. The highest BCUT2D eigenvalue weighted by atomic mass is 16.5. The average Bonchev–Trinajstić information content (AvgIpc) is 2.87. The number of benzene rings is 2. The Morgan fingerprint density at radius 2 is 1.68 bits per heavy atom. The van der Waals surface area contributed by atoms with Gasteiger partial charge in [0.15, 0.2) is 0 Å². The quantitative estimate of drug-likeness (QED) is 0.610. The number of carbonyl (C=O) groups is 3. The van der Waals surface area contributed by atoms with Gasteiger partial charge in [0, 0.05) is 0 Å². The maximum Gasteiger partial charge on any atom is 0.355 e. The van der Waals surface area contributed by atoms with Crippen LogP contribution in [0.15, 0.2) is 71.2 Å². The zero-order valence-corrected chi connectivity index (χ0v) is 18.6. The van der Waals surface area contributed by atoms with Crippen molar-refractivity contribution in [1.29, 1.82) is 5.26 Å². The fourth-order valence-electron chi connectivity index (χ4n) is 3.77. The minimum Gasteiger partial charge on any atom is -0.497 e. The number of hydrogen-bond acceptors (Lipinski definition) is 9. The van der Waals surface area contributed by atoms with E-state index in [0.29, 0.717) is 5.56 Å². The molecule has 174 valence electrons. The molecule has 0 bridgehead atoms. The number of methoxy groups -OCH3 is 3. The van der Waals surface area contributed by atoms with Gasteiger partial charge in [-0.05, 0) is 23.8 Å². The van der Waals surface area contributed by atoms with Crippen LogP contribution in [0.4, 0.5) is 5.69 Å². The van der Waals surface area contributed by atoms with E-state index in [0.717, 1.165) is 19.1 Å². The highest BCUT2D eigenvalue weighted by Crippen LogP contribution is 2.44. The van der Waals surface area contributed by atoms with Crippen molar-refractivity contribution in [2.24, 2.45) is 5.73 Å². The fraction of sp³-hybridized carbons (Fsp3) is 0.167. The smallest absolute Gasteiger partial charge is 0.355 e. The summed E-state index contributed by atoms with van der Waals surface area (Å²) >= 11 is 0. The summed E-state index contributed by atoms with van der Waals surface area (Å²) in [4.78, 5) is 39.2. The Morgan fingerprint density at radius 1 is 1.03 bits per heavy atom. The fourth-order valence-corrected chi connectivity index (χ4v) is 3.77. The van der Waals surface area contributed by atoms with E-state index in [-0.39, 0.29) is 39.7 Å². The summed E-state index contributed by atoms with van der Waals surface area (Å²) in [7, 11) is 3.59. The van der Waals surface area contributed by atoms with Crippen LogP contribution in [0.1, 0.15) is 21.8 Å². The van der Waals surface area contributed by atoms with Crippen LogP contribution >= 0.6 is 0 Å². The molecule has 10 heteroatoms. The number of anilines is 1. The lowest BCUT2D eigenvalue weighted by Gasteiger charge is -2.36. The van der Waals surface area contributed by atoms with E-state index in [1.165, 1.54) is 25.3 Å². The zero-order chi connectivity index (χ0) is 25.0. The van der Waals surface area contributed by atoms with Crippen molar-refractivity contribution in [3.63, 3.8) is 0 Å². The van der Waals surface area contributed by atoms with E-state index in [1.807, 2.05) is 6.07 Å². The molecule has 1 atom stereocenters. The minimum atomic E-state index is -1.35. The summed E-state index contributed by atoms with van der Waals surface area (Å²) in [5.41, 5.74) is 5.85. The number of nitrogens with zero attached hydrogens (tertiary/aromatic N) is 2. The molecule has 0 fully saturated rings. The number of carbonyl (C=O) groups excluding carboxylic acids is 2. The Hall–Kier alpha value is -4.78. The Balaban J connectivity index is 2.47. The van der Waals surface area contributed by atoms with E-state index >= 15 is 0 Å². The van der Waals surface area contributed by atoms with Crippen LogP contribution in [-0.2, 0) is 19.1 Å². The molecule has 0 saturated heterocycles. The highest BCUT2D eigenvalue weighted by Gasteiger charge is 2.43. The molecule has 10 nitrogen and oxygen atoms in total. The number of allylic oxidation sites excluding steroid dienone is 1.